The molecule has 1 saturated heterocycles. The molecule has 0 spiro atoms. The highest BCUT2D eigenvalue weighted by molar-refractivity contribution is 7.99. The second kappa shape index (κ2) is 3.87. The molecule has 1 N–H and O–H groups in total. The van der Waals surface area contributed by atoms with Crippen molar-refractivity contribution in [1.82, 2.24) is 4.57 Å². The van der Waals surface area contributed by atoms with E-state index in [1.807, 2.05) is 11.8 Å². The van der Waals surface area contributed by atoms with Crippen LogP contribution < -0.4 is 0 Å². The number of carboxylic acids is 1. The van der Waals surface area contributed by atoms with Crippen molar-refractivity contribution in [3.05, 3.63) is 23.0 Å². The zero-order chi connectivity index (χ0) is 10.1. The fourth-order valence-electron chi connectivity index (χ4n) is 1.66. The van der Waals surface area contributed by atoms with Crippen molar-refractivity contribution in [2.45, 2.75) is 12.5 Å². The van der Waals surface area contributed by atoms with Gasteiger partial charge >= 0.3 is 5.97 Å². The van der Waals surface area contributed by atoms with Crippen LogP contribution in [0.3, 0.4) is 0 Å². The normalized spacial score (nSPS) is 21.4. The lowest BCUT2D eigenvalue weighted by atomic mass is 10.2. The molecule has 1 aliphatic rings. The SMILES string of the molecule is O=C(O)c1cc(Cl)cn1C1CCSC1. The van der Waals surface area contributed by atoms with Crippen LogP contribution in [-0.2, 0) is 0 Å². The van der Waals surface area contributed by atoms with Crippen molar-refractivity contribution >= 4 is 29.3 Å². The quantitative estimate of drug-likeness (QED) is 0.851. The van der Waals surface area contributed by atoms with Gasteiger partial charge in [-0.3, -0.25) is 0 Å². The van der Waals surface area contributed by atoms with Gasteiger partial charge in [0.1, 0.15) is 5.69 Å². The summed E-state index contributed by atoms with van der Waals surface area (Å²) in [7, 11) is 0. The van der Waals surface area contributed by atoms with Gasteiger partial charge in [-0.1, -0.05) is 11.6 Å². The molecule has 1 unspecified atom stereocenters. The molecular weight excluding hydrogens is 222 g/mol. The van der Waals surface area contributed by atoms with Crippen molar-refractivity contribution in [3.63, 3.8) is 0 Å². The summed E-state index contributed by atoms with van der Waals surface area (Å²) in [5.74, 6) is 1.17. The largest absolute Gasteiger partial charge is 0.477 e. The summed E-state index contributed by atoms with van der Waals surface area (Å²) < 4.78 is 1.78. The third-order valence-corrected chi connectivity index (χ3v) is 3.68. The van der Waals surface area contributed by atoms with Gasteiger partial charge in [0.2, 0.25) is 0 Å². The van der Waals surface area contributed by atoms with Crippen molar-refractivity contribution in [2.24, 2.45) is 0 Å². The van der Waals surface area contributed by atoms with Crippen LogP contribution in [0.25, 0.3) is 0 Å². The van der Waals surface area contributed by atoms with Crippen molar-refractivity contribution in [2.75, 3.05) is 11.5 Å². The van der Waals surface area contributed by atoms with Crippen molar-refractivity contribution < 1.29 is 9.90 Å². The highest BCUT2D eigenvalue weighted by Gasteiger charge is 2.22. The van der Waals surface area contributed by atoms with Crippen LogP contribution in [0.4, 0.5) is 0 Å². The van der Waals surface area contributed by atoms with Gasteiger partial charge in [0.05, 0.1) is 5.02 Å². The molecule has 0 aromatic carbocycles. The zero-order valence-corrected chi connectivity index (χ0v) is 9.01. The molecule has 0 aliphatic carbocycles. The van der Waals surface area contributed by atoms with Gasteiger partial charge < -0.3 is 9.67 Å². The van der Waals surface area contributed by atoms with E-state index in [-0.39, 0.29) is 0 Å². The second-order valence-electron chi connectivity index (χ2n) is 3.27. The van der Waals surface area contributed by atoms with Crippen LogP contribution in [0.15, 0.2) is 12.3 Å². The number of rotatable bonds is 2. The van der Waals surface area contributed by atoms with E-state index in [1.54, 1.807) is 10.8 Å². The second-order valence-corrected chi connectivity index (χ2v) is 4.86. The lowest BCUT2D eigenvalue weighted by Gasteiger charge is -2.12. The van der Waals surface area contributed by atoms with Crippen LogP contribution >= 0.6 is 23.4 Å². The maximum Gasteiger partial charge on any atom is 0.352 e. The van der Waals surface area contributed by atoms with E-state index >= 15 is 0 Å². The van der Waals surface area contributed by atoms with E-state index < -0.39 is 5.97 Å². The minimum absolute atomic E-state index is 0.290. The Morgan fingerprint density at radius 1 is 1.71 bits per heavy atom. The molecule has 1 aliphatic heterocycles. The number of aromatic carboxylic acids is 1. The predicted molar refractivity (Wildman–Crippen MR) is 57.4 cm³/mol. The maximum atomic E-state index is 10.9. The fourth-order valence-corrected chi connectivity index (χ4v) is 3.07. The number of aromatic nitrogens is 1. The molecule has 0 radical (unpaired) electrons. The van der Waals surface area contributed by atoms with Crippen LogP contribution in [0.5, 0.6) is 0 Å². The Hall–Kier alpha value is -0.610. The lowest BCUT2D eigenvalue weighted by Crippen LogP contribution is -2.13. The number of nitrogens with zero attached hydrogens (tertiary/aromatic N) is 1. The Morgan fingerprint density at radius 2 is 2.50 bits per heavy atom. The van der Waals surface area contributed by atoms with Gasteiger partial charge in [-0.25, -0.2) is 4.79 Å². The monoisotopic (exact) mass is 231 g/mol. The number of carboxylic acid groups (broad SMARTS) is 1. The molecule has 5 heteroatoms. The maximum absolute atomic E-state index is 10.9. The molecule has 2 rings (SSSR count). The van der Waals surface area contributed by atoms with E-state index in [0.717, 1.165) is 17.9 Å². The molecule has 1 fully saturated rings. The van der Waals surface area contributed by atoms with E-state index in [0.29, 0.717) is 16.8 Å². The molecule has 76 valence electrons. The van der Waals surface area contributed by atoms with E-state index in [9.17, 15) is 4.79 Å². The average molecular weight is 232 g/mol. The number of halogens is 1. The Morgan fingerprint density at radius 3 is 3.07 bits per heavy atom. The predicted octanol–water partition coefficient (Wildman–Crippen LogP) is 2.52. The van der Waals surface area contributed by atoms with Crippen LogP contribution in [0, 0.1) is 0 Å². The lowest BCUT2D eigenvalue weighted by molar-refractivity contribution is 0.0683. The van der Waals surface area contributed by atoms with E-state index in [1.165, 1.54) is 6.07 Å². The van der Waals surface area contributed by atoms with Crippen LogP contribution in [-0.4, -0.2) is 27.1 Å². The molecule has 3 nitrogen and oxygen atoms in total. The first kappa shape index (κ1) is 9.93. The Bertz CT molecular complexity index is 358. The summed E-state index contributed by atoms with van der Waals surface area (Å²) in [5.41, 5.74) is 0.294. The third kappa shape index (κ3) is 1.77. The van der Waals surface area contributed by atoms with Gasteiger partial charge in [0.25, 0.3) is 0 Å². The minimum atomic E-state index is -0.909. The number of hydrogen-bond donors (Lipinski definition) is 1. The van der Waals surface area contributed by atoms with Gasteiger partial charge in [0.15, 0.2) is 0 Å². The Labute approximate surface area is 91.1 Å². The van der Waals surface area contributed by atoms with Crippen LogP contribution in [0.1, 0.15) is 23.0 Å². The summed E-state index contributed by atoms with van der Waals surface area (Å²) in [5, 5.41) is 9.45. The first-order valence-electron chi connectivity index (χ1n) is 4.37. The summed E-state index contributed by atoms with van der Waals surface area (Å²) in [6.45, 7) is 0. The summed E-state index contributed by atoms with van der Waals surface area (Å²) in [6, 6.07) is 1.80. The Kier molecular flexibility index (Phi) is 2.74. The number of hydrogen-bond acceptors (Lipinski definition) is 2. The summed E-state index contributed by atoms with van der Waals surface area (Å²) >= 11 is 7.65. The first-order chi connectivity index (χ1) is 6.68. The summed E-state index contributed by atoms with van der Waals surface area (Å²) in [4.78, 5) is 10.9. The molecule has 0 saturated carbocycles. The van der Waals surface area contributed by atoms with E-state index in [2.05, 4.69) is 0 Å². The first-order valence-corrected chi connectivity index (χ1v) is 5.90. The smallest absolute Gasteiger partial charge is 0.352 e. The molecule has 2 heterocycles. The third-order valence-electron chi connectivity index (χ3n) is 2.33. The summed E-state index contributed by atoms with van der Waals surface area (Å²) in [6.07, 6.45) is 2.73. The average Bonchev–Trinajstić information content (AvgIpc) is 2.70. The minimum Gasteiger partial charge on any atom is -0.477 e. The molecule has 1 aromatic rings. The van der Waals surface area contributed by atoms with Crippen molar-refractivity contribution in [3.8, 4) is 0 Å². The standard InChI is InChI=1S/C9H10ClNO2S/c10-6-3-8(9(12)13)11(4-6)7-1-2-14-5-7/h3-4,7H,1-2,5H2,(H,12,13). The highest BCUT2D eigenvalue weighted by atomic mass is 35.5. The number of carbonyl (C=O) groups is 1. The van der Waals surface area contributed by atoms with Gasteiger partial charge in [-0.2, -0.15) is 11.8 Å². The van der Waals surface area contributed by atoms with Gasteiger partial charge in [0, 0.05) is 18.0 Å². The number of thioether (sulfide) groups is 1. The van der Waals surface area contributed by atoms with Gasteiger partial charge in [-0.15, -0.1) is 0 Å². The van der Waals surface area contributed by atoms with Gasteiger partial charge in [-0.05, 0) is 18.2 Å². The Balaban J connectivity index is 2.35. The topological polar surface area (TPSA) is 42.2 Å². The molecule has 0 bridgehead atoms. The molecule has 1 aromatic heterocycles. The molecule has 14 heavy (non-hydrogen) atoms. The molecule has 0 amide bonds. The molecular formula is C9H10ClNO2S. The zero-order valence-electron chi connectivity index (χ0n) is 7.44. The molecule has 1 atom stereocenters. The van der Waals surface area contributed by atoms with E-state index in [4.69, 9.17) is 16.7 Å². The fraction of sp³-hybridized carbons (Fsp3) is 0.444. The van der Waals surface area contributed by atoms with Crippen LogP contribution in [0.2, 0.25) is 5.02 Å². The van der Waals surface area contributed by atoms with Crippen molar-refractivity contribution in [1.29, 1.82) is 0 Å². The highest BCUT2D eigenvalue weighted by Crippen LogP contribution is 2.30.